The molecule has 0 aliphatic rings. The summed E-state index contributed by atoms with van der Waals surface area (Å²) >= 11 is 0. The summed E-state index contributed by atoms with van der Waals surface area (Å²) in [5.41, 5.74) is 5.82. The molecule has 0 unspecified atom stereocenters. The zero-order valence-corrected chi connectivity index (χ0v) is 14.1. The summed E-state index contributed by atoms with van der Waals surface area (Å²) in [6, 6.07) is 8.28. The molecular weight excluding hydrogens is 274 g/mol. The number of hydrogen-bond donors (Lipinski definition) is 0. The molecule has 116 valence electrons. The van der Waals surface area contributed by atoms with Crippen LogP contribution in [0.15, 0.2) is 29.3 Å². The van der Waals surface area contributed by atoms with Crippen LogP contribution in [0, 0.1) is 13.8 Å². The third-order valence-corrected chi connectivity index (χ3v) is 3.91. The number of Topliss-reactive ketones (excluding diaryl/α,β-unsaturated/α-hetero) is 1. The summed E-state index contributed by atoms with van der Waals surface area (Å²) in [4.78, 5) is 18.2. The summed E-state index contributed by atoms with van der Waals surface area (Å²) < 4.78 is 2.13. The van der Waals surface area contributed by atoms with Crippen LogP contribution in [-0.4, -0.2) is 37.7 Å². The van der Waals surface area contributed by atoms with E-state index in [9.17, 15) is 4.79 Å². The van der Waals surface area contributed by atoms with Crippen molar-refractivity contribution in [3.8, 4) is 5.69 Å². The highest BCUT2D eigenvalue weighted by molar-refractivity contribution is 6.04. The Bertz CT molecular complexity index is 739. The van der Waals surface area contributed by atoms with Crippen molar-refractivity contribution in [3.63, 3.8) is 0 Å². The number of rotatable bonds is 4. The Labute approximate surface area is 132 Å². The van der Waals surface area contributed by atoms with E-state index in [1.807, 2.05) is 34.0 Å². The van der Waals surface area contributed by atoms with Crippen molar-refractivity contribution in [1.29, 1.82) is 0 Å². The van der Waals surface area contributed by atoms with Crippen LogP contribution in [0.3, 0.4) is 0 Å². The summed E-state index contributed by atoms with van der Waals surface area (Å²) in [5, 5.41) is 0. The number of anilines is 1. The number of aliphatic imine (C=N–C) groups is 1. The quantitative estimate of drug-likeness (QED) is 0.640. The number of benzene rings is 1. The fraction of sp³-hybridized carbons (Fsp3) is 0.333. The van der Waals surface area contributed by atoms with E-state index >= 15 is 0 Å². The molecule has 4 heteroatoms. The standard InChI is InChI=1S/C18H23N3O/c1-12-17(11-19-4)18(14(3)22)13(2)21(12)16-9-7-8-15(10-16)20(5)6/h7-11H,1-6H3. The maximum Gasteiger partial charge on any atom is 0.162 e. The lowest BCUT2D eigenvalue weighted by Gasteiger charge is -2.16. The Hall–Kier alpha value is -2.36. The fourth-order valence-corrected chi connectivity index (χ4v) is 2.89. The summed E-state index contributed by atoms with van der Waals surface area (Å²) in [6.07, 6.45) is 1.77. The maximum atomic E-state index is 12.1. The summed E-state index contributed by atoms with van der Waals surface area (Å²) in [6.45, 7) is 5.62. The van der Waals surface area contributed by atoms with Gasteiger partial charge >= 0.3 is 0 Å². The Morgan fingerprint density at radius 2 is 1.91 bits per heavy atom. The molecule has 0 aliphatic carbocycles. The first kappa shape index (κ1) is 16.0. The second kappa shape index (κ2) is 6.18. The monoisotopic (exact) mass is 297 g/mol. The lowest BCUT2D eigenvalue weighted by Crippen LogP contribution is -2.09. The molecule has 1 aromatic carbocycles. The molecule has 0 amide bonds. The van der Waals surface area contributed by atoms with Crippen molar-refractivity contribution in [2.45, 2.75) is 20.8 Å². The van der Waals surface area contributed by atoms with Gasteiger partial charge in [-0.3, -0.25) is 9.79 Å². The number of aromatic nitrogens is 1. The minimum atomic E-state index is 0.0676. The van der Waals surface area contributed by atoms with E-state index in [1.165, 1.54) is 0 Å². The van der Waals surface area contributed by atoms with Crippen molar-refractivity contribution in [1.82, 2.24) is 4.57 Å². The first-order valence-corrected chi connectivity index (χ1v) is 7.31. The highest BCUT2D eigenvalue weighted by Gasteiger charge is 2.20. The Balaban J connectivity index is 2.74. The topological polar surface area (TPSA) is 37.6 Å². The number of carbonyl (C=O) groups is 1. The van der Waals surface area contributed by atoms with Crippen LogP contribution >= 0.6 is 0 Å². The van der Waals surface area contributed by atoms with Gasteiger partial charge in [0.15, 0.2) is 5.78 Å². The van der Waals surface area contributed by atoms with Crippen LogP contribution in [-0.2, 0) is 0 Å². The summed E-state index contributed by atoms with van der Waals surface area (Å²) in [7, 11) is 5.76. The number of hydrogen-bond acceptors (Lipinski definition) is 3. The Morgan fingerprint density at radius 3 is 2.45 bits per heavy atom. The predicted molar refractivity (Wildman–Crippen MR) is 93.1 cm³/mol. The van der Waals surface area contributed by atoms with Crippen molar-refractivity contribution in [3.05, 3.63) is 46.8 Å². The predicted octanol–water partition coefficient (Wildman–Crippen LogP) is 3.41. The van der Waals surface area contributed by atoms with Crippen LogP contribution in [0.5, 0.6) is 0 Å². The molecule has 0 aliphatic heterocycles. The normalized spacial score (nSPS) is 11.2. The minimum absolute atomic E-state index is 0.0676. The first-order valence-electron chi connectivity index (χ1n) is 7.31. The highest BCUT2D eigenvalue weighted by atomic mass is 16.1. The van der Waals surface area contributed by atoms with Crippen LogP contribution in [0.1, 0.15) is 34.2 Å². The Morgan fingerprint density at radius 1 is 1.23 bits per heavy atom. The minimum Gasteiger partial charge on any atom is -0.378 e. The molecule has 1 aromatic heterocycles. The molecule has 0 N–H and O–H groups in total. The average Bonchev–Trinajstić information content (AvgIpc) is 2.70. The van der Waals surface area contributed by atoms with Gasteiger partial charge in [0.1, 0.15) is 0 Å². The molecule has 0 saturated carbocycles. The van der Waals surface area contributed by atoms with E-state index in [1.54, 1.807) is 20.2 Å². The zero-order valence-electron chi connectivity index (χ0n) is 14.1. The van der Waals surface area contributed by atoms with Crippen LogP contribution in [0.2, 0.25) is 0 Å². The van der Waals surface area contributed by atoms with Gasteiger partial charge < -0.3 is 9.47 Å². The van der Waals surface area contributed by atoms with E-state index < -0.39 is 0 Å². The van der Waals surface area contributed by atoms with Gasteiger partial charge in [-0.2, -0.15) is 0 Å². The van der Waals surface area contributed by atoms with E-state index in [2.05, 4.69) is 32.7 Å². The van der Waals surface area contributed by atoms with Crippen LogP contribution in [0.25, 0.3) is 5.69 Å². The van der Waals surface area contributed by atoms with Gasteiger partial charge in [-0.25, -0.2) is 0 Å². The molecule has 2 rings (SSSR count). The largest absolute Gasteiger partial charge is 0.378 e. The van der Waals surface area contributed by atoms with Gasteiger partial charge in [0, 0.05) is 61.2 Å². The van der Waals surface area contributed by atoms with Crippen molar-refractivity contribution in [2.75, 3.05) is 26.0 Å². The molecule has 0 spiro atoms. The Kier molecular flexibility index (Phi) is 4.50. The van der Waals surface area contributed by atoms with Gasteiger partial charge in [-0.15, -0.1) is 0 Å². The second-order valence-electron chi connectivity index (χ2n) is 5.65. The zero-order chi connectivity index (χ0) is 16.4. The molecule has 0 atom stereocenters. The maximum absolute atomic E-state index is 12.1. The second-order valence-corrected chi connectivity index (χ2v) is 5.65. The van der Waals surface area contributed by atoms with Crippen molar-refractivity contribution in [2.24, 2.45) is 4.99 Å². The van der Waals surface area contributed by atoms with Gasteiger partial charge in [0.05, 0.1) is 0 Å². The molecular formula is C18H23N3O. The van der Waals surface area contributed by atoms with E-state index in [0.717, 1.165) is 33.9 Å². The van der Waals surface area contributed by atoms with Gasteiger partial charge in [0.25, 0.3) is 0 Å². The number of ketones is 1. The van der Waals surface area contributed by atoms with Crippen molar-refractivity contribution < 1.29 is 4.79 Å². The third kappa shape index (κ3) is 2.69. The number of carbonyl (C=O) groups excluding carboxylic acids is 1. The molecule has 22 heavy (non-hydrogen) atoms. The molecule has 0 radical (unpaired) electrons. The SMILES string of the molecule is CN=Cc1c(C(C)=O)c(C)n(-c2cccc(N(C)C)c2)c1C. The molecule has 1 heterocycles. The van der Waals surface area contributed by atoms with E-state index in [0.29, 0.717) is 0 Å². The molecule has 0 fully saturated rings. The molecule has 0 saturated heterocycles. The van der Waals surface area contributed by atoms with E-state index in [4.69, 9.17) is 0 Å². The van der Waals surface area contributed by atoms with Gasteiger partial charge in [0.2, 0.25) is 0 Å². The number of nitrogens with zero attached hydrogens (tertiary/aromatic N) is 3. The molecule has 0 bridgehead atoms. The smallest absolute Gasteiger partial charge is 0.162 e. The van der Waals surface area contributed by atoms with Crippen LogP contribution in [0.4, 0.5) is 5.69 Å². The lowest BCUT2D eigenvalue weighted by atomic mass is 10.1. The summed E-state index contributed by atoms with van der Waals surface area (Å²) in [5.74, 6) is 0.0676. The lowest BCUT2D eigenvalue weighted by molar-refractivity contribution is 0.101. The first-order chi connectivity index (χ1) is 10.4. The van der Waals surface area contributed by atoms with Crippen LogP contribution < -0.4 is 4.90 Å². The average molecular weight is 297 g/mol. The van der Waals surface area contributed by atoms with Gasteiger partial charge in [-0.1, -0.05) is 6.07 Å². The van der Waals surface area contributed by atoms with Gasteiger partial charge in [-0.05, 0) is 39.0 Å². The highest BCUT2D eigenvalue weighted by Crippen LogP contribution is 2.27. The molecule has 4 nitrogen and oxygen atoms in total. The fourth-order valence-electron chi connectivity index (χ4n) is 2.89. The molecule has 2 aromatic rings. The van der Waals surface area contributed by atoms with Crippen molar-refractivity contribution >= 4 is 17.7 Å². The van der Waals surface area contributed by atoms with E-state index in [-0.39, 0.29) is 5.78 Å². The third-order valence-electron chi connectivity index (χ3n) is 3.91.